The molecule has 110 valence electrons. The Morgan fingerprint density at radius 3 is 2.55 bits per heavy atom. The number of halogens is 1. The number of benzene rings is 2. The summed E-state index contributed by atoms with van der Waals surface area (Å²) in [5, 5.41) is 3.49. The van der Waals surface area contributed by atoms with Crippen LogP contribution in [0.1, 0.15) is 16.1 Å². The molecule has 2 aromatic carbocycles. The summed E-state index contributed by atoms with van der Waals surface area (Å²) in [6, 6.07) is 16.7. The summed E-state index contributed by atoms with van der Waals surface area (Å²) in [6.45, 7) is 0.400. The highest BCUT2D eigenvalue weighted by Crippen LogP contribution is 2.22. The number of oxazole rings is 1. The summed E-state index contributed by atoms with van der Waals surface area (Å²) in [7, 11) is 0. The largest absolute Gasteiger partial charge is 0.443 e. The van der Waals surface area contributed by atoms with Crippen molar-refractivity contribution in [3.63, 3.8) is 0 Å². The number of aromatic nitrogens is 1. The molecule has 3 rings (SSSR count). The molecule has 1 aromatic heterocycles. The molecule has 1 N–H and O–H groups in total. The van der Waals surface area contributed by atoms with Gasteiger partial charge in [0.05, 0.1) is 0 Å². The summed E-state index contributed by atoms with van der Waals surface area (Å²) in [5.41, 5.74) is 2.05. The van der Waals surface area contributed by atoms with Crippen LogP contribution in [0.25, 0.3) is 11.3 Å². The van der Waals surface area contributed by atoms with Crippen LogP contribution < -0.4 is 5.32 Å². The van der Waals surface area contributed by atoms with Gasteiger partial charge in [-0.2, -0.15) is 0 Å². The second-order valence-corrected chi connectivity index (χ2v) is 5.14. The first-order chi connectivity index (χ1) is 10.7. The van der Waals surface area contributed by atoms with Crippen molar-refractivity contribution >= 4 is 17.5 Å². The zero-order valence-corrected chi connectivity index (χ0v) is 12.4. The van der Waals surface area contributed by atoms with Crippen LogP contribution in [-0.2, 0) is 6.54 Å². The van der Waals surface area contributed by atoms with Gasteiger partial charge in [-0.05, 0) is 17.7 Å². The Kier molecular flexibility index (Phi) is 4.21. The van der Waals surface area contributed by atoms with Gasteiger partial charge in [-0.1, -0.05) is 54.1 Å². The van der Waals surface area contributed by atoms with Gasteiger partial charge in [0.25, 0.3) is 5.91 Å². The van der Waals surface area contributed by atoms with E-state index in [1.165, 1.54) is 6.39 Å². The molecule has 0 unspecified atom stereocenters. The number of carbonyl (C=O) groups excluding carboxylic acids is 1. The van der Waals surface area contributed by atoms with Gasteiger partial charge >= 0.3 is 0 Å². The Labute approximate surface area is 132 Å². The number of nitrogens with one attached hydrogen (secondary N) is 1. The lowest BCUT2D eigenvalue weighted by Crippen LogP contribution is -2.23. The van der Waals surface area contributed by atoms with E-state index in [9.17, 15) is 4.79 Å². The van der Waals surface area contributed by atoms with Crippen LogP contribution in [-0.4, -0.2) is 10.9 Å². The summed E-state index contributed by atoms with van der Waals surface area (Å²) < 4.78 is 5.35. The second-order valence-electron chi connectivity index (χ2n) is 4.71. The molecule has 0 aliphatic carbocycles. The highest BCUT2D eigenvalue weighted by molar-refractivity contribution is 6.30. The van der Waals surface area contributed by atoms with Crippen molar-refractivity contribution in [2.45, 2.75) is 6.54 Å². The highest BCUT2D eigenvalue weighted by Gasteiger charge is 2.17. The molecule has 0 saturated heterocycles. The normalized spacial score (nSPS) is 10.4. The maximum atomic E-state index is 12.3. The molecule has 4 nitrogen and oxygen atoms in total. The van der Waals surface area contributed by atoms with Crippen LogP contribution in [0.5, 0.6) is 0 Å². The lowest BCUT2D eigenvalue weighted by molar-refractivity contribution is 0.0947. The summed E-state index contributed by atoms with van der Waals surface area (Å²) in [4.78, 5) is 16.3. The Balaban J connectivity index is 1.73. The standard InChI is InChI=1S/C17H13ClN2O2/c18-14-8-6-12(7-9-14)10-19-17(21)15-16(22-11-20-15)13-4-2-1-3-5-13/h1-9,11H,10H2,(H,19,21). The lowest BCUT2D eigenvalue weighted by Gasteiger charge is -2.05. The number of hydrogen-bond donors (Lipinski definition) is 1. The Bertz CT molecular complexity index is 767. The van der Waals surface area contributed by atoms with E-state index in [0.717, 1.165) is 11.1 Å². The minimum absolute atomic E-state index is 0.275. The zero-order chi connectivity index (χ0) is 15.4. The van der Waals surface area contributed by atoms with Crippen LogP contribution in [0.3, 0.4) is 0 Å². The summed E-state index contributed by atoms with van der Waals surface area (Å²) in [6.07, 6.45) is 1.28. The van der Waals surface area contributed by atoms with E-state index < -0.39 is 0 Å². The van der Waals surface area contributed by atoms with Crippen LogP contribution in [0.2, 0.25) is 5.02 Å². The lowest BCUT2D eigenvalue weighted by atomic mass is 10.1. The number of rotatable bonds is 4. The molecule has 0 aliphatic rings. The molecule has 0 fully saturated rings. The fraction of sp³-hybridized carbons (Fsp3) is 0.0588. The summed E-state index contributed by atoms with van der Waals surface area (Å²) in [5.74, 6) is 0.191. The minimum Gasteiger partial charge on any atom is -0.443 e. The fourth-order valence-electron chi connectivity index (χ4n) is 2.07. The predicted molar refractivity (Wildman–Crippen MR) is 84.6 cm³/mol. The van der Waals surface area contributed by atoms with Crippen LogP contribution >= 0.6 is 11.6 Å². The molecule has 22 heavy (non-hydrogen) atoms. The first-order valence-corrected chi connectivity index (χ1v) is 7.13. The van der Waals surface area contributed by atoms with Crippen molar-refractivity contribution in [2.75, 3.05) is 0 Å². The number of hydrogen-bond acceptors (Lipinski definition) is 3. The smallest absolute Gasteiger partial charge is 0.274 e. The van der Waals surface area contributed by atoms with E-state index in [1.54, 1.807) is 12.1 Å². The Hall–Kier alpha value is -2.59. The van der Waals surface area contributed by atoms with Crippen LogP contribution in [0.15, 0.2) is 65.4 Å². The molecule has 1 heterocycles. The van der Waals surface area contributed by atoms with E-state index in [2.05, 4.69) is 10.3 Å². The third kappa shape index (κ3) is 3.18. The molecule has 0 spiro atoms. The topological polar surface area (TPSA) is 55.1 Å². The first-order valence-electron chi connectivity index (χ1n) is 6.75. The Morgan fingerprint density at radius 1 is 1.09 bits per heavy atom. The maximum absolute atomic E-state index is 12.3. The third-order valence-corrected chi connectivity index (χ3v) is 3.44. The second kappa shape index (κ2) is 6.45. The van der Waals surface area contributed by atoms with Crippen molar-refractivity contribution in [1.29, 1.82) is 0 Å². The van der Waals surface area contributed by atoms with Gasteiger partial charge in [0, 0.05) is 17.1 Å². The van der Waals surface area contributed by atoms with Gasteiger partial charge < -0.3 is 9.73 Å². The number of carbonyl (C=O) groups is 1. The van der Waals surface area contributed by atoms with Crippen molar-refractivity contribution < 1.29 is 9.21 Å². The van der Waals surface area contributed by atoms with Crippen molar-refractivity contribution in [3.05, 3.63) is 77.3 Å². The van der Waals surface area contributed by atoms with Crippen LogP contribution in [0.4, 0.5) is 0 Å². The Morgan fingerprint density at radius 2 is 1.82 bits per heavy atom. The number of amides is 1. The molecule has 0 aliphatic heterocycles. The molecular formula is C17H13ClN2O2. The molecule has 0 saturated carbocycles. The fourth-order valence-corrected chi connectivity index (χ4v) is 2.20. The maximum Gasteiger partial charge on any atom is 0.274 e. The van der Waals surface area contributed by atoms with Crippen molar-refractivity contribution in [2.24, 2.45) is 0 Å². The zero-order valence-electron chi connectivity index (χ0n) is 11.6. The average molecular weight is 313 g/mol. The van der Waals surface area contributed by atoms with Crippen molar-refractivity contribution in [3.8, 4) is 11.3 Å². The summed E-state index contributed by atoms with van der Waals surface area (Å²) >= 11 is 5.83. The van der Waals surface area contributed by atoms with Gasteiger partial charge in [-0.3, -0.25) is 4.79 Å². The van der Waals surface area contributed by atoms with Gasteiger partial charge in [0.1, 0.15) is 0 Å². The van der Waals surface area contributed by atoms with Crippen LogP contribution in [0, 0.1) is 0 Å². The van der Waals surface area contributed by atoms with Gasteiger partial charge in [0.15, 0.2) is 17.8 Å². The molecule has 0 atom stereocenters. The van der Waals surface area contributed by atoms with Gasteiger partial charge in [-0.15, -0.1) is 0 Å². The average Bonchev–Trinajstić information content (AvgIpc) is 3.04. The highest BCUT2D eigenvalue weighted by atomic mass is 35.5. The van der Waals surface area contributed by atoms with E-state index in [0.29, 0.717) is 17.3 Å². The van der Waals surface area contributed by atoms with E-state index in [4.69, 9.17) is 16.0 Å². The monoisotopic (exact) mass is 312 g/mol. The SMILES string of the molecule is O=C(NCc1ccc(Cl)cc1)c1ncoc1-c1ccccc1. The third-order valence-electron chi connectivity index (χ3n) is 3.18. The van der Waals surface area contributed by atoms with E-state index in [-0.39, 0.29) is 11.6 Å². The minimum atomic E-state index is -0.275. The quantitative estimate of drug-likeness (QED) is 0.794. The van der Waals surface area contributed by atoms with E-state index in [1.807, 2.05) is 42.5 Å². The molecule has 0 bridgehead atoms. The molecule has 3 aromatic rings. The van der Waals surface area contributed by atoms with Gasteiger partial charge in [0.2, 0.25) is 0 Å². The molecular weight excluding hydrogens is 300 g/mol. The number of nitrogens with zero attached hydrogens (tertiary/aromatic N) is 1. The van der Waals surface area contributed by atoms with Gasteiger partial charge in [-0.25, -0.2) is 4.98 Å². The van der Waals surface area contributed by atoms with E-state index >= 15 is 0 Å². The molecule has 1 amide bonds. The first kappa shape index (κ1) is 14.4. The van der Waals surface area contributed by atoms with Crippen molar-refractivity contribution in [1.82, 2.24) is 10.3 Å². The molecule has 0 radical (unpaired) electrons. The predicted octanol–water partition coefficient (Wildman–Crippen LogP) is 3.93. The molecule has 5 heteroatoms.